The van der Waals surface area contributed by atoms with Gasteiger partial charge in [-0.15, -0.1) is 0 Å². The first-order valence-electron chi connectivity index (χ1n) is 4.67. The van der Waals surface area contributed by atoms with Crippen molar-refractivity contribution in [3.05, 3.63) is 33.6 Å². The summed E-state index contributed by atoms with van der Waals surface area (Å²) in [7, 11) is 0. The molecule has 0 amide bonds. The zero-order valence-electron chi connectivity index (χ0n) is 8.82. The van der Waals surface area contributed by atoms with Crippen molar-refractivity contribution in [3.63, 3.8) is 0 Å². The Morgan fingerprint density at radius 2 is 1.83 bits per heavy atom. The number of halogens is 5. The van der Waals surface area contributed by atoms with E-state index in [4.69, 9.17) is 12.2 Å². The van der Waals surface area contributed by atoms with Crippen molar-refractivity contribution in [2.24, 2.45) is 0 Å². The van der Waals surface area contributed by atoms with Gasteiger partial charge in [0, 0.05) is 0 Å². The molecule has 2 aromatic rings. The van der Waals surface area contributed by atoms with Gasteiger partial charge in [-0.3, -0.25) is 0 Å². The smallest absolute Gasteiger partial charge is 0.330 e. The van der Waals surface area contributed by atoms with Crippen molar-refractivity contribution in [3.8, 4) is 0 Å². The third-order valence-corrected chi connectivity index (χ3v) is 2.76. The van der Waals surface area contributed by atoms with Crippen LogP contribution in [0.25, 0.3) is 11.0 Å². The summed E-state index contributed by atoms with van der Waals surface area (Å²) in [6.45, 7) is 1.52. The first-order valence-corrected chi connectivity index (χ1v) is 5.08. The van der Waals surface area contributed by atoms with E-state index in [1.54, 1.807) is 0 Å². The molecule has 2 heterocycles. The quantitative estimate of drug-likeness (QED) is 0.585. The maximum absolute atomic E-state index is 13.5. The average Bonchev–Trinajstić information content (AvgIpc) is 2.25. The predicted molar refractivity (Wildman–Crippen MR) is 56.6 cm³/mol. The molecule has 0 unspecified atom stereocenters. The van der Waals surface area contributed by atoms with Gasteiger partial charge in [-0.25, -0.2) is 13.8 Å². The molecule has 0 aromatic carbocycles. The molecular weight excluding hydrogens is 275 g/mol. The third kappa shape index (κ3) is 1.96. The second-order valence-electron chi connectivity index (χ2n) is 3.63. The second-order valence-corrected chi connectivity index (χ2v) is 4.04. The molecule has 2 nitrogen and oxygen atoms in total. The van der Waals surface area contributed by atoms with E-state index >= 15 is 0 Å². The predicted octanol–water partition coefficient (Wildman–Crippen LogP) is 3.90. The Balaban J connectivity index is 2.93. The van der Waals surface area contributed by atoms with Crippen LogP contribution in [0.15, 0.2) is 6.07 Å². The number of fused-ring (bicyclic) bond motifs is 1. The van der Waals surface area contributed by atoms with E-state index in [0.717, 1.165) is 6.07 Å². The highest BCUT2D eigenvalue weighted by Gasteiger charge is 2.38. The average molecular weight is 280 g/mol. The molecule has 0 saturated heterocycles. The van der Waals surface area contributed by atoms with Gasteiger partial charge in [0.25, 0.3) is 0 Å². The van der Waals surface area contributed by atoms with Crippen LogP contribution in [-0.2, 0) is 6.18 Å². The Morgan fingerprint density at radius 3 is 2.39 bits per heavy atom. The van der Waals surface area contributed by atoms with Gasteiger partial charge in [-0.05, 0) is 18.6 Å². The van der Waals surface area contributed by atoms with Gasteiger partial charge < -0.3 is 4.98 Å². The summed E-state index contributed by atoms with van der Waals surface area (Å²) in [5.74, 6) is -3.61. The van der Waals surface area contributed by atoms with Crippen LogP contribution in [0.5, 0.6) is 0 Å². The maximum Gasteiger partial charge on any atom is 0.436 e. The number of pyridine rings is 2. The number of alkyl halides is 3. The number of rotatable bonds is 0. The molecule has 96 valence electrons. The van der Waals surface area contributed by atoms with Crippen molar-refractivity contribution in [2.45, 2.75) is 13.1 Å². The van der Waals surface area contributed by atoms with Crippen LogP contribution in [0.2, 0.25) is 0 Å². The van der Waals surface area contributed by atoms with Crippen LogP contribution in [0, 0.1) is 23.2 Å². The fourth-order valence-electron chi connectivity index (χ4n) is 1.45. The maximum atomic E-state index is 13.5. The lowest BCUT2D eigenvalue weighted by atomic mass is 10.2. The van der Waals surface area contributed by atoms with Crippen molar-refractivity contribution in [1.82, 2.24) is 9.97 Å². The molecule has 0 aliphatic carbocycles. The number of aromatic amines is 1. The number of nitrogens with zero attached hydrogens (tertiary/aromatic N) is 1. The van der Waals surface area contributed by atoms with Gasteiger partial charge >= 0.3 is 6.18 Å². The summed E-state index contributed by atoms with van der Waals surface area (Å²) in [6.07, 6.45) is -5.07. The van der Waals surface area contributed by atoms with Crippen LogP contribution < -0.4 is 0 Å². The van der Waals surface area contributed by atoms with Crippen molar-refractivity contribution < 1.29 is 22.0 Å². The molecule has 0 aliphatic rings. The molecular formula is C10H5F5N2S. The number of hydrogen-bond acceptors (Lipinski definition) is 2. The van der Waals surface area contributed by atoms with Crippen molar-refractivity contribution in [1.29, 1.82) is 0 Å². The van der Waals surface area contributed by atoms with Crippen LogP contribution in [-0.4, -0.2) is 9.97 Å². The molecule has 0 aliphatic heterocycles. The monoisotopic (exact) mass is 280 g/mol. The van der Waals surface area contributed by atoms with E-state index in [2.05, 4.69) is 9.97 Å². The summed E-state index contributed by atoms with van der Waals surface area (Å²) < 4.78 is 64.2. The third-order valence-electron chi connectivity index (χ3n) is 2.34. The Hall–Kier alpha value is -1.57. The topological polar surface area (TPSA) is 28.7 Å². The molecule has 1 N–H and O–H groups in total. The lowest BCUT2D eigenvalue weighted by molar-refractivity contribution is -0.143. The van der Waals surface area contributed by atoms with E-state index < -0.39 is 29.2 Å². The standard InChI is InChI=1S/C10H5F5N2S/c1-3-2-4-5(11)6(12)7(10(13,14)15)16-8(4)17-9(3)18/h2H,1H3,(H,16,17,18). The van der Waals surface area contributed by atoms with Gasteiger partial charge in [0.15, 0.2) is 17.3 Å². The molecule has 0 radical (unpaired) electrons. The van der Waals surface area contributed by atoms with E-state index in [0.29, 0.717) is 5.56 Å². The normalized spacial score (nSPS) is 12.1. The highest BCUT2D eigenvalue weighted by Crippen LogP contribution is 2.32. The largest absolute Gasteiger partial charge is 0.436 e. The van der Waals surface area contributed by atoms with Crippen molar-refractivity contribution >= 4 is 23.3 Å². The number of aryl methyl sites for hydroxylation is 1. The second kappa shape index (κ2) is 3.98. The minimum atomic E-state index is -5.07. The molecule has 0 atom stereocenters. The lowest BCUT2D eigenvalue weighted by Gasteiger charge is -2.10. The van der Waals surface area contributed by atoms with E-state index in [1.165, 1.54) is 6.92 Å². The van der Waals surface area contributed by atoms with Crippen LogP contribution >= 0.6 is 12.2 Å². The molecule has 0 fully saturated rings. The van der Waals surface area contributed by atoms with E-state index in [-0.39, 0.29) is 10.0 Å². The summed E-state index contributed by atoms with van der Waals surface area (Å²) in [6, 6.07) is 1.15. The van der Waals surface area contributed by atoms with Gasteiger partial charge in [-0.1, -0.05) is 12.2 Å². The Kier molecular flexibility index (Phi) is 2.84. The van der Waals surface area contributed by atoms with Gasteiger partial charge in [-0.2, -0.15) is 13.2 Å². The van der Waals surface area contributed by atoms with Gasteiger partial charge in [0.1, 0.15) is 10.3 Å². The van der Waals surface area contributed by atoms with Crippen LogP contribution in [0.4, 0.5) is 22.0 Å². The van der Waals surface area contributed by atoms with Crippen molar-refractivity contribution in [2.75, 3.05) is 0 Å². The van der Waals surface area contributed by atoms with Gasteiger partial charge in [0.05, 0.1) is 5.39 Å². The first kappa shape index (κ1) is 12.9. The van der Waals surface area contributed by atoms with E-state index in [9.17, 15) is 22.0 Å². The van der Waals surface area contributed by atoms with Gasteiger partial charge in [0.2, 0.25) is 0 Å². The highest BCUT2D eigenvalue weighted by molar-refractivity contribution is 7.71. The fourth-order valence-corrected chi connectivity index (χ4v) is 1.61. The SMILES string of the molecule is Cc1cc2c(F)c(F)c(C(F)(F)F)nc2[nH]c1=S. The Labute approximate surface area is 102 Å². The molecule has 18 heavy (non-hydrogen) atoms. The summed E-state index contributed by atoms with van der Waals surface area (Å²) >= 11 is 4.80. The molecule has 8 heteroatoms. The molecule has 2 rings (SSSR count). The number of nitrogens with one attached hydrogen (secondary N) is 1. The number of hydrogen-bond donors (Lipinski definition) is 1. The Bertz CT molecular complexity index is 689. The van der Waals surface area contributed by atoms with Crippen LogP contribution in [0.1, 0.15) is 11.3 Å². The summed E-state index contributed by atoms with van der Waals surface area (Å²) in [4.78, 5) is 5.38. The number of aromatic nitrogens is 2. The highest BCUT2D eigenvalue weighted by atomic mass is 32.1. The fraction of sp³-hybridized carbons (Fsp3) is 0.200. The number of H-pyrrole nitrogens is 1. The van der Waals surface area contributed by atoms with E-state index in [1.807, 2.05) is 0 Å². The van der Waals surface area contributed by atoms with Crippen LogP contribution in [0.3, 0.4) is 0 Å². The zero-order chi connectivity index (χ0) is 13.7. The lowest BCUT2D eigenvalue weighted by Crippen LogP contribution is -2.13. The minimum Gasteiger partial charge on any atom is -0.330 e. The Morgan fingerprint density at radius 1 is 1.22 bits per heavy atom. The first-order chi connectivity index (χ1) is 8.21. The molecule has 0 bridgehead atoms. The summed E-state index contributed by atoms with van der Waals surface area (Å²) in [5.41, 5.74) is -1.92. The summed E-state index contributed by atoms with van der Waals surface area (Å²) in [5, 5.41) is -0.369. The zero-order valence-corrected chi connectivity index (χ0v) is 9.64. The minimum absolute atomic E-state index is 0.120. The molecule has 0 spiro atoms. The molecule has 0 saturated carbocycles. The molecule has 2 aromatic heterocycles.